The summed E-state index contributed by atoms with van der Waals surface area (Å²) >= 11 is 0. The maximum atomic E-state index is 6.04. The van der Waals surface area contributed by atoms with Crippen LogP contribution in [0.5, 0.6) is 0 Å². The normalized spacial score (nSPS) is 25.5. The molecule has 0 bridgehead atoms. The molecule has 2 aliphatic rings. The van der Waals surface area contributed by atoms with Crippen LogP contribution in [0.1, 0.15) is 47.0 Å². The van der Waals surface area contributed by atoms with Gasteiger partial charge in [-0.1, -0.05) is 0 Å². The molecule has 3 rings (SSSR count). The zero-order valence-corrected chi connectivity index (χ0v) is 15.6. The maximum absolute atomic E-state index is 6.04. The first-order valence-electron chi connectivity index (χ1n) is 8.49. The molecule has 1 aromatic heterocycles. The molecule has 3 heterocycles. The Labute approximate surface area is 174 Å². The Balaban J connectivity index is 0.00000208. The average Bonchev–Trinajstić information content (AvgIpc) is 3.03. The van der Waals surface area contributed by atoms with Gasteiger partial charge in [-0.2, -0.15) is 5.10 Å². The summed E-state index contributed by atoms with van der Waals surface area (Å²) in [6, 6.07) is 0. The zero-order chi connectivity index (χ0) is 16.5. The van der Waals surface area contributed by atoms with Crippen LogP contribution in [-0.4, -0.2) is 47.6 Å². The van der Waals surface area contributed by atoms with Gasteiger partial charge < -0.3 is 18.8 Å². The van der Waals surface area contributed by atoms with Gasteiger partial charge in [0.2, 0.25) is 0 Å². The van der Waals surface area contributed by atoms with E-state index in [2.05, 4.69) is 32.8 Å². The van der Waals surface area contributed by atoms with Crippen molar-refractivity contribution in [2.45, 2.75) is 71.0 Å². The molecule has 6 nitrogen and oxygen atoms in total. The summed E-state index contributed by atoms with van der Waals surface area (Å²) in [5.74, 6) is 0. The second kappa shape index (κ2) is 8.38. The molecular weight excluding hydrogens is 335 g/mol. The number of aromatic nitrogens is 2. The van der Waals surface area contributed by atoms with Crippen molar-refractivity contribution in [1.29, 1.82) is 0 Å². The van der Waals surface area contributed by atoms with Crippen LogP contribution in [0.4, 0.5) is 0 Å². The molecule has 0 N–H and O–H groups in total. The molecule has 0 radical (unpaired) electrons. The van der Waals surface area contributed by atoms with E-state index < -0.39 is 0 Å². The minimum absolute atomic E-state index is 0. The van der Waals surface area contributed by atoms with E-state index in [0.29, 0.717) is 13.2 Å². The van der Waals surface area contributed by atoms with Gasteiger partial charge >= 0.3 is 7.12 Å². The van der Waals surface area contributed by atoms with Gasteiger partial charge in [-0.3, -0.25) is 4.68 Å². The molecule has 1 unspecified atom stereocenters. The van der Waals surface area contributed by atoms with Crippen molar-refractivity contribution < 1.29 is 56.5 Å². The van der Waals surface area contributed by atoms with Crippen LogP contribution < -0.4 is 5.46 Å². The minimum Gasteiger partial charge on any atom is -0.399 e. The first kappa shape index (κ1) is 20.7. The first-order valence-corrected chi connectivity index (χ1v) is 8.49. The van der Waals surface area contributed by atoms with Gasteiger partial charge in [0.15, 0.2) is 6.29 Å². The van der Waals surface area contributed by atoms with Crippen LogP contribution in [-0.2, 0) is 25.3 Å². The summed E-state index contributed by atoms with van der Waals surface area (Å²) in [5, 5.41) is 4.37. The van der Waals surface area contributed by atoms with Crippen LogP contribution in [0.3, 0.4) is 0 Å². The van der Waals surface area contributed by atoms with Gasteiger partial charge in [0.05, 0.1) is 24.4 Å². The van der Waals surface area contributed by atoms with Crippen molar-refractivity contribution in [2.75, 3.05) is 13.2 Å². The largest absolute Gasteiger partial charge is 0.498 e. The molecule has 0 saturated carbocycles. The Morgan fingerprint density at radius 3 is 2.58 bits per heavy atom. The summed E-state index contributed by atoms with van der Waals surface area (Å²) in [5.41, 5.74) is 0.278. The molecule has 2 fully saturated rings. The van der Waals surface area contributed by atoms with Gasteiger partial charge in [-0.25, -0.2) is 0 Å². The Morgan fingerprint density at radius 1 is 1.25 bits per heavy atom. The Morgan fingerprint density at radius 2 is 1.96 bits per heavy atom. The molecule has 2 aliphatic heterocycles. The average molecular weight is 362 g/mol. The van der Waals surface area contributed by atoms with Gasteiger partial charge in [-0.15, -0.1) is 0 Å². The molecule has 0 spiro atoms. The third-order valence-corrected chi connectivity index (χ3v) is 4.94. The van der Waals surface area contributed by atoms with Crippen molar-refractivity contribution in [3.05, 3.63) is 12.4 Å². The van der Waals surface area contributed by atoms with Crippen LogP contribution >= 0.6 is 0 Å². The molecule has 0 aromatic carbocycles. The number of hydrogen-bond donors (Lipinski definition) is 0. The fourth-order valence-electron chi connectivity index (χ4n) is 2.72. The summed E-state index contributed by atoms with van der Waals surface area (Å²) in [6.45, 7) is 10.3. The standard InChI is InChI=1S/C16H27BN2O4.Ar/c1-15(2)16(3,4)23-17(22-15)13-11-18-19(12-13)8-10-21-14-7-5-6-9-20-14;/h11-12,14H,5-10H2,1-4H3;. The molecule has 2 saturated heterocycles. The molecule has 1 atom stereocenters. The van der Waals surface area contributed by atoms with E-state index in [1.165, 1.54) is 6.42 Å². The SMILES string of the molecule is CC1(C)OB(c2cnn(CCOC3CCCCO3)c2)OC1(C)C.[Ar]. The van der Waals surface area contributed by atoms with E-state index >= 15 is 0 Å². The molecule has 24 heavy (non-hydrogen) atoms. The van der Waals surface area contributed by atoms with Crippen LogP contribution in [0.25, 0.3) is 0 Å². The predicted octanol–water partition coefficient (Wildman–Crippen LogP) is 1.73. The van der Waals surface area contributed by atoms with E-state index in [4.69, 9.17) is 18.8 Å². The number of hydrogen-bond acceptors (Lipinski definition) is 5. The van der Waals surface area contributed by atoms with E-state index in [-0.39, 0.29) is 62.3 Å². The number of ether oxygens (including phenoxy) is 2. The van der Waals surface area contributed by atoms with Gasteiger partial charge in [-0.05, 0) is 47.0 Å². The minimum atomic E-state index is -0.364. The summed E-state index contributed by atoms with van der Waals surface area (Å²) < 4.78 is 25.2. The summed E-state index contributed by atoms with van der Waals surface area (Å²) in [7, 11) is -0.364. The second-order valence-electron chi connectivity index (χ2n) is 7.29. The quantitative estimate of drug-likeness (QED) is 0.747. The fraction of sp³-hybridized carbons (Fsp3) is 0.812. The maximum Gasteiger partial charge on any atom is 0.498 e. The van der Waals surface area contributed by atoms with Crippen molar-refractivity contribution in [2.24, 2.45) is 0 Å². The Kier molecular flexibility index (Phi) is 7.22. The van der Waals surface area contributed by atoms with E-state index in [1.807, 2.05) is 10.9 Å². The third kappa shape index (κ3) is 4.75. The van der Waals surface area contributed by atoms with Crippen LogP contribution in [0.2, 0.25) is 0 Å². The fourth-order valence-corrected chi connectivity index (χ4v) is 2.72. The third-order valence-electron chi connectivity index (χ3n) is 4.94. The van der Waals surface area contributed by atoms with Crippen LogP contribution in [0.15, 0.2) is 12.4 Å². The Hall–Kier alpha value is 0.375. The van der Waals surface area contributed by atoms with Crippen molar-refractivity contribution in [3.8, 4) is 0 Å². The molecule has 8 heteroatoms. The zero-order valence-electron chi connectivity index (χ0n) is 14.9. The predicted molar refractivity (Wildman–Crippen MR) is 87.5 cm³/mol. The van der Waals surface area contributed by atoms with Crippen molar-refractivity contribution in [3.63, 3.8) is 0 Å². The van der Waals surface area contributed by atoms with Gasteiger partial charge in [0, 0.05) is 62.2 Å². The number of nitrogens with zero attached hydrogens (tertiary/aromatic N) is 2. The van der Waals surface area contributed by atoms with E-state index in [0.717, 1.165) is 24.9 Å². The van der Waals surface area contributed by atoms with Gasteiger partial charge in [0.1, 0.15) is 0 Å². The van der Waals surface area contributed by atoms with E-state index in [9.17, 15) is 0 Å². The summed E-state index contributed by atoms with van der Waals surface area (Å²) in [6.07, 6.45) is 7.02. The molecular formula is C16H27ArBN2O4. The monoisotopic (exact) mass is 362 g/mol. The second-order valence-corrected chi connectivity index (χ2v) is 7.29. The van der Waals surface area contributed by atoms with Crippen molar-refractivity contribution in [1.82, 2.24) is 9.78 Å². The number of rotatable bonds is 5. The smallest absolute Gasteiger partial charge is 0.399 e. The Bertz CT molecular complexity index is 516. The molecule has 0 amide bonds. The first-order chi connectivity index (χ1) is 10.9. The van der Waals surface area contributed by atoms with Crippen LogP contribution in [0, 0.1) is 37.7 Å². The van der Waals surface area contributed by atoms with E-state index in [1.54, 1.807) is 6.20 Å². The molecule has 0 aliphatic carbocycles. The topological polar surface area (TPSA) is 54.7 Å². The van der Waals surface area contributed by atoms with Gasteiger partial charge in [0.25, 0.3) is 0 Å². The molecule has 136 valence electrons. The summed E-state index contributed by atoms with van der Waals surface area (Å²) in [4.78, 5) is 0. The molecule has 1 aromatic rings. The van der Waals surface area contributed by atoms with Crippen molar-refractivity contribution >= 4 is 12.6 Å².